The molecule has 0 aliphatic carbocycles. The van der Waals surface area contributed by atoms with Gasteiger partial charge in [0.1, 0.15) is 0 Å². The van der Waals surface area contributed by atoms with Crippen LogP contribution >= 0.6 is 0 Å². The maximum Gasteiger partial charge on any atom is 0.0285 e. The maximum atomic E-state index is 3.81. The minimum Gasteiger partial charge on any atom is -0.313 e. The van der Waals surface area contributed by atoms with E-state index in [1.807, 2.05) is 13.1 Å². The van der Waals surface area contributed by atoms with Gasteiger partial charge in [0.2, 0.25) is 0 Å². The summed E-state index contributed by atoms with van der Waals surface area (Å²) in [4.78, 5) is 0. The molecule has 0 aromatic heterocycles. The second-order valence-electron chi connectivity index (χ2n) is 3.83. The first-order valence-corrected chi connectivity index (χ1v) is 5.02. The summed E-state index contributed by atoms with van der Waals surface area (Å²) < 4.78 is 0. The van der Waals surface area contributed by atoms with Gasteiger partial charge in [-0.3, -0.25) is 0 Å². The molecule has 0 saturated carbocycles. The Morgan fingerprint density at radius 1 is 1.29 bits per heavy atom. The van der Waals surface area contributed by atoms with Gasteiger partial charge in [-0.25, -0.2) is 0 Å². The number of hydrogen-bond acceptors (Lipinski definition) is 1. The van der Waals surface area contributed by atoms with Crippen LogP contribution in [0.1, 0.15) is 16.7 Å². The Kier molecular flexibility index (Phi) is 3.90. The molecule has 0 bridgehead atoms. The Morgan fingerprint density at radius 3 is 2.29 bits per heavy atom. The summed E-state index contributed by atoms with van der Waals surface area (Å²) in [5.74, 6) is 0. The van der Waals surface area contributed by atoms with E-state index in [-0.39, 0.29) is 0 Å². The highest BCUT2D eigenvalue weighted by Crippen LogP contribution is 2.11. The second kappa shape index (κ2) is 4.97. The van der Waals surface area contributed by atoms with E-state index in [0.717, 1.165) is 6.42 Å². The Labute approximate surface area is 86.8 Å². The summed E-state index contributed by atoms with van der Waals surface area (Å²) in [5.41, 5.74) is 4.04. The molecule has 14 heavy (non-hydrogen) atoms. The first-order valence-electron chi connectivity index (χ1n) is 5.02. The Balaban J connectivity index is 2.80. The lowest BCUT2D eigenvalue weighted by molar-refractivity contribution is 0.665. The molecule has 0 spiro atoms. The molecule has 1 atom stereocenters. The standard InChI is InChI=1S/C13H19N/c1-5-13(14-4)9-12-7-10(2)6-11(3)8-12/h5-8,13-14H,1,9H2,2-4H3. The Bertz CT molecular complexity index is 295. The fourth-order valence-corrected chi connectivity index (χ4v) is 1.74. The molecule has 1 unspecified atom stereocenters. The fourth-order valence-electron chi connectivity index (χ4n) is 1.74. The minimum absolute atomic E-state index is 0.371. The van der Waals surface area contributed by atoms with Crippen molar-refractivity contribution in [3.05, 3.63) is 47.5 Å². The zero-order valence-corrected chi connectivity index (χ0v) is 9.30. The molecule has 0 aliphatic rings. The van der Waals surface area contributed by atoms with Crippen LogP contribution in [-0.2, 0) is 6.42 Å². The predicted molar refractivity (Wildman–Crippen MR) is 62.7 cm³/mol. The molecule has 1 aromatic carbocycles. The van der Waals surface area contributed by atoms with Gasteiger partial charge < -0.3 is 5.32 Å². The molecule has 1 N–H and O–H groups in total. The number of benzene rings is 1. The molecule has 1 rings (SSSR count). The van der Waals surface area contributed by atoms with Crippen LogP contribution < -0.4 is 5.32 Å². The average Bonchev–Trinajstić information content (AvgIpc) is 2.12. The smallest absolute Gasteiger partial charge is 0.0285 e. The molecular weight excluding hydrogens is 170 g/mol. The molecule has 1 heteroatoms. The summed E-state index contributed by atoms with van der Waals surface area (Å²) in [7, 11) is 1.97. The Morgan fingerprint density at radius 2 is 1.86 bits per heavy atom. The highest BCUT2D eigenvalue weighted by atomic mass is 14.9. The van der Waals surface area contributed by atoms with Crippen LogP contribution in [0.15, 0.2) is 30.9 Å². The van der Waals surface area contributed by atoms with E-state index in [2.05, 4.69) is 43.9 Å². The van der Waals surface area contributed by atoms with Crippen molar-refractivity contribution in [3.8, 4) is 0 Å². The summed E-state index contributed by atoms with van der Waals surface area (Å²) in [5, 5.41) is 3.22. The van der Waals surface area contributed by atoms with Crippen LogP contribution in [0.25, 0.3) is 0 Å². The lowest BCUT2D eigenvalue weighted by Crippen LogP contribution is -2.24. The van der Waals surface area contributed by atoms with Crippen LogP contribution in [0.4, 0.5) is 0 Å². The second-order valence-corrected chi connectivity index (χ2v) is 3.83. The van der Waals surface area contributed by atoms with Crippen LogP contribution in [-0.4, -0.2) is 13.1 Å². The molecule has 76 valence electrons. The number of nitrogens with one attached hydrogen (secondary N) is 1. The normalized spacial score (nSPS) is 12.5. The summed E-state index contributed by atoms with van der Waals surface area (Å²) in [6.07, 6.45) is 2.97. The lowest BCUT2D eigenvalue weighted by atomic mass is 10.0. The molecule has 0 saturated heterocycles. The highest BCUT2D eigenvalue weighted by molar-refractivity contribution is 5.29. The van der Waals surface area contributed by atoms with Crippen molar-refractivity contribution in [1.82, 2.24) is 5.32 Å². The molecule has 0 amide bonds. The fraction of sp³-hybridized carbons (Fsp3) is 0.385. The van der Waals surface area contributed by atoms with Crippen molar-refractivity contribution in [3.63, 3.8) is 0 Å². The van der Waals surface area contributed by atoms with Gasteiger partial charge in [-0.15, -0.1) is 6.58 Å². The summed E-state index contributed by atoms with van der Waals surface area (Å²) in [6.45, 7) is 8.09. The third-order valence-electron chi connectivity index (χ3n) is 2.39. The van der Waals surface area contributed by atoms with Crippen molar-refractivity contribution in [2.75, 3.05) is 7.05 Å². The molecule has 0 fully saturated rings. The summed E-state index contributed by atoms with van der Waals surface area (Å²) >= 11 is 0. The van der Waals surface area contributed by atoms with Gasteiger partial charge in [0, 0.05) is 6.04 Å². The van der Waals surface area contributed by atoms with E-state index < -0.39 is 0 Å². The molecular formula is C13H19N. The Hall–Kier alpha value is -1.08. The van der Waals surface area contributed by atoms with E-state index in [9.17, 15) is 0 Å². The van der Waals surface area contributed by atoms with Crippen molar-refractivity contribution in [2.45, 2.75) is 26.3 Å². The zero-order valence-electron chi connectivity index (χ0n) is 9.30. The van der Waals surface area contributed by atoms with Gasteiger partial charge in [0.05, 0.1) is 0 Å². The molecule has 1 nitrogen and oxygen atoms in total. The largest absolute Gasteiger partial charge is 0.313 e. The first-order chi connectivity index (χ1) is 6.65. The number of aryl methyl sites for hydroxylation is 2. The number of hydrogen-bond donors (Lipinski definition) is 1. The van der Waals surface area contributed by atoms with Crippen LogP contribution in [0.3, 0.4) is 0 Å². The summed E-state index contributed by atoms with van der Waals surface area (Å²) in [6, 6.07) is 7.05. The predicted octanol–water partition coefficient (Wildman–Crippen LogP) is 2.62. The molecule has 1 aromatic rings. The van der Waals surface area contributed by atoms with E-state index in [1.165, 1.54) is 16.7 Å². The zero-order chi connectivity index (χ0) is 10.6. The van der Waals surface area contributed by atoms with Gasteiger partial charge in [0.15, 0.2) is 0 Å². The topological polar surface area (TPSA) is 12.0 Å². The maximum absolute atomic E-state index is 3.81. The van der Waals surface area contributed by atoms with Gasteiger partial charge in [-0.1, -0.05) is 35.4 Å². The van der Waals surface area contributed by atoms with E-state index in [4.69, 9.17) is 0 Å². The van der Waals surface area contributed by atoms with Crippen LogP contribution in [0.2, 0.25) is 0 Å². The molecule has 0 heterocycles. The van der Waals surface area contributed by atoms with Crippen LogP contribution in [0, 0.1) is 13.8 Å². The minimum atomic E-state index is 0.371. The monoisotopic (exact) mass is 189 g/mol. The molecule has 0 radical (unpaired) electrons. The average molecular weight is 189 g/mol. The van der Waals surface area contributed by atoms with E-state index in [0.29, 0.717) is 6.04 Å². The lowest BCUT2D eigenvalue weighted by Gasteiger charge is -2.12. The first kappa shape index (κ1) is 11.0. The van der Waals surface area contributed by atoms with Crippen molar-refractivity contribution >= 4 is 0 Å². The highest BCUT2D eigenvalue weighted by Gasteiger charge is 2.03. The van der Waals surface area contributed by atoms with Gasteiger partial charge in [-0.05, 0) is 32.9 Å². The number of rotatable bonds is 4. The SMILES string of the molecule is C=CC(Cc1cc(C)cc(C)c1)NC. The third kappa shape index (κ3) is 3.00. The van der Waals surface area contributed by atoms with Gasteiger partial charge in [-0.2, -0.15) is 0 Å². The van der Waals surface area contributed by atoms with Crippen LogP contribution in [0.5, 0.6) is 0 Å². The third-order valence-corrected chi connectivity index (χ3v) is 2.39. The van der Waals surface area contributed by atoms with Gasteiger partial charge in [0.25, 0.3) is 0 Å². The number of likely N-dealkylation sites (N-methyl/N-ethyl adjacent to an activating group) is 1. The quantitative estimate of drug-likeness (QED) is 0.718. The van der Waals surface area contributed by atoms with Crippen molar-refractivity contribution in [2.24, 2.45) is 0 Å². The van der Waals surface area contributed by atoms with Crippen molar-refractivity contribution in [1.29, 1.82) is 0 Å². The van der Waals surface area contributed by atoms with E-state index >= 15 is 0 Å². The van der Waals surface area contributed by atoms with Gasteiger partial charge >= 0.3 is 0 Å². The molecule has 0 aliphatic heterocycles. The van der Waals surface area contributed by atoms with Crippen molar-refractivity contribution < 1.29 is 0 Å². The van der Waals surface area contributed by atoms with E-state index in [1.54, 1.807) is 0 Å².